The zero-order chi connectivity index (χ0) is 25.7. The van der Waals surface area contributed by atoms with Gasteiger partial charge in [0.15, 0.2) is 0 Å². The van der Waals surface area contributed by atoms with Crippen LogP contribution in [0.3, 0.4) is 0 Å². The van der Waals surface area contributed by atoms with Crippen LogP contribution in [-0.2, 0) is 9.59 Å². The Kier molecular flexibility index (Phi) is 16.5. The molecule has 0 aromatic heterocycles. The van der Waals surface area contributed by atoms with Gasteiger partial charge in [0.05, 0.1) is 11.1 Å². The number of benzene rings is 2. The first-order chi connectivity index (χ1) is 15.1. The van der Waals surface area contributed by atoms with Gasteiger partial charge in [0.2, 0.25) is 0 Å². The summed E-state index contributed by atoms with van der Waals surface area (Å²) in [6.45, 7) is 12.5. The van der Waals surface area contributed by atoms with E-state index in [9.17, 15) is 9.59 Å². The van der Waals surface area contributed by atoms with Crippen LogP contribution in [0.2, 0.25) is 0 Å². The van der Waals surface area contributed by atoms with Crippen molar-refractivity contribution >= 4 is 83.7 Å². The summed E-state index contributed by atoms with van der Waals surface area (Å²) >= 11 is 15.7. The molecule has 0 unspecified atom stereocenters. The van der Waals surface area contributed by atoms with Crippen molar-refractivity contribution in [1.29, 1.82) is 0 Å². The smallest absolute Gasteiger partial charge is 0.143 e. The first-order valence-electron chi connectivity index (χ1n) is 10.5. The fourth-order valence-corrected chi connectivity index (χ4v) is 4.52. The van der Waals surface area contributed by atoms with E-state index in [1.165, 1.54) is 0 Å². The molecule has 0 fully saturated rings. The van der Waals surface area contributed by atoms with E-state index in [4.69, 9.17) is 0 Å². The molecule has 0 aliphatic rings. The van der Waals surface area contributed by atoms with Crippen molar-refractivity contribution in [3.8, 4) is 0 Å². The molecule has 7 heteroatoms. The molecule has 0 heterocycles. The van der Waals surface area contributed by atoms with Crippen LogP contribution in [-0.4, -0.2) is 22.6 Å². The number of ketones is 2. The monoisotopic (exact) mass is 680 g/mol. The molecule has 0 bridgehead atoms. The fraction of sp³-hybridized carbons (Fsp3) is 0.462. The van der Waals surface area contributed by atoms with Gasteiger partial charge in [-0.15, -0.1) is 24.4 Å². The van der Waals surface area contributed by atoms with Gasteiger partial charge >= 0.3 is 0 Å². The van der Waals surface area contributed by atoms with Gasteiger partial charge in [-0.2, -0.15) is 0 Å². The number of halogens is 3. The van der Waals surface area contributed by atoms with E-state index in [-0.39, 0.29) is 16.6 Å². The summed E-state index contributed by atoms with van der Waals surface area (Å²) < 4.78 is 2.10. The molecule has 2 rings (SSSR count). The van der Waals surface area contributed by atoms with Gasteiger partial charge in [0.1, 0.15) is 11.6 Å². The summed E-state index contributed by atoms with van der Waals surface area (Å²) in [5.74, 6) is 1.15. The van der Waals surface area contributed by atoms with E-state index in [1.54, 1.807) is 11.8 Å². The zero-order valence-electron chi connectivity index (χ0n) is 20.3. The van der Waals surface area contributed by atoms with Crippen LogP contribution < -0.4 is 0 Å². The Morgan fingerprint density at radius 2 is 1.24 bits per heavy atom. The minimum absolute atomic E-state index is 0.0889. The van der Waals surface area contributed by atoms with E-state index in [0.717, 1.165) is 18.7 Å². The largest absolute Gasteiger partial charge is 0.299 e. The lowest BCUT2D eigenvalue weighted by molar-refractivity contribution is -0.119. The van der Waals surface area contributed by atoms with Gasteiger partial charge in [-0.05, 0) is 67.0 Å². The highest BCUT2D eigenvalue weighted by Gasteiger charge is 2.16. The normalized spacial score (nSPS) is 11.0. The van der Waals surface area contributed by atoms with Crippen molar-refractivity contribution in [3.63, 3.8) is 0 Å². The van der Waals surface area contributed by atoms with Crippen molar-refractivity contribution in [2.24, 2.45) is 10.8 Å². The maximum Gasteiger partial charge on any atom is 0.143 e. The molecule has 0 aliphatic heterocycles. The number of Topliss-reactive ketones (excluding diaryl/α,β-unsaturated/α-hetero) is 2. The van der Waals surface area contributed by atoms with Crippen LogP contribution in [0.5, 0.6) is 0 Å². The average molecular weight is 683 g/mol. The summed E-state index contributed by atoms with van der Waals surface area (Å²) in [5, 5.41) is 0.490. The van der Waals surface area contributed by atoms with Crippen molar-refractivity contribution in [3.05, 3.63) is 57.5 Å². The van der Waals surface area contributed by atoms with Crippen LogP contribution in [0.15, 0.2) is 67.3 Å². The third-order valence-corrected chi connectivity index (χ3v) is 7.78. The van der Waals surface area contributed by atoms with Gasteiger partial charge in [-0.3, -0.25) is 9.59 Å². The quantitative estimate of drug-likeness (QED) is 0.187. The van der Waals surface area contributed by atoms with E-state index >= 15 is 0 Å². The topological polar surface area (TPSA) is 34.1 Å². The van der Waals surface area contributed by atoms with E-state index in [2.05, 4.69) is 102 Å². The number of thioether (sulfide) groups is 1. The third kappa shape index (κ3) is 18.9. The molecule has 184 valence electrons. The summed E-state index contributed by atoms with van der Waals surface area (Å²) in [6.07, 6.45) is 1.31. The molecule has 2 aromatic rings. The molecule has 0 radical (unpaired) electrons. The number of thiol groups is 1. The van der Waals surface area contributed by atoms with Gasteiger partial charge in [0.25, 0.3) is 0 Å². The highest BCUT2D eigenvalue weighted by molar-refractivity contribution is 9.10. The molecule has 2 nitrogen and oxygen atoms in total. The highest BCUT2D eigenvalue weighted by Crippen LogP contribution is 2.28. The van der Waals surface area contributed by atoms with Crippen LogP contribution >= 0.6 is 72.2 Å². The van der Waals surface area contributed by atoms with Gasteiger partial charge in [0, 0.05) is 31.6 Å². The Balaban J connectivity index is 0.000000510. The molecule has 0 aliphatic carbocycles. The lowest BCUT2D eigenvalue weighted by Gasteiger charge is -2.16. The summed E-state index contributed by atoms with van der Waals surface area (Å²) in [5.41, 5.74) is 0.233. The minimum Gasteiger partial charge on any atom is -0.299 e. The van der Waals surface area contributed by atoms with Crippen LogP contribution in [0.25, 0.3) is 0 Å². The second-order valence-electron chi connectivity index (χ2n) is 9.86. The Labute approximate surface area is 235 Å². The second kappa shape index (κ2) is 16.6. The van der Waals surface area contributed by atoms with Crippen molar-refractivity contribution < 1.29 is 9.59 Å². The molecule has 33 heavy (non-hydrogen) atoms. The Bertz CT molecular complexity index is 851. The summed E-state index contributed by atoms with van der Waals surface area (Å²) in [4.78, 5) is 24.6. The highest BCUT2D eigenvalue weighted by atomic mass is 79.9. The van der Waals surface area contributed by atoms with Gasteiger partial charge in [-0.1, -0.05) is 81.7 Å². The lowest BCUT2D eigenvalue weighted by atomic mass is 9.90. The predicted molar refractivity (Wildman–Crippen MR) is 158 cm³/mol. The van der Waals surface area contributed by atoms with Crippen LogP contribution in [0, 0.1) is 10.8 Å². The molecule has 2 aromatic carbocycles. The maximum absolute atomic E-state index is 11.7. The Morgan fingerprint density at radius 3 is 1.61 bits per heavy atom. The molecule has 0 saturated heterocycles. The van der Waals surface area contributed by atoms with E-state index in [1.807, 2.05) is 48.5 Å². The Morgan fingerprint density at radius 1 is 0.788 bits per heavy atom. The molecule has 0 atom stereocenters. The average Bonchev–Trinajstić information content (AvgIpc) is 2.68. The maximum atomic E-state index is 11.7. The molecule has 0 spiro atoms. The molecule has 0 amide bonds. The number of carbonyl (C=O) groups excluding carboxylic acids is 2. The minimum atomic E-state index is 0.0889. The number of alkyl halides is 1. The predicted octanol–water partition coefficient (Wildman–Crippen LogP) is 9.67. The van der Waals surface area contributed by atoms with Crippen LogP contribution in [0.1, 0.15) is 54.4 Å². The Hall–Kier alpha value is -0.0800. The summed E-state index contributed by atoms with van der Waals surface area (Å²) in [6, 6.07) is 15.8. The lowest BCUT2D eigenvalue weighted by Crippen LogP contribution is -2.14. The third-order valence-electron chi connectivity index (χ3n) is 3.68. The van der Waals surface area contributed by atoms with E-state index < -0.39 is 0 Å². The molecular weight excluding hydrogens is 648 g/mol. The van der Waals surface area contributed by atoms with Gasteiger partial charge < -0.3 is 0 Å². The van der Waals surface area contributed by atoms with Crippen molar-refractivity contribution in [2.45, 2.75) is 64.2 Å². The number of rotatable bonds is 6. The standard InChI is InChI=1S/C13H17BrOS.C7H13BrO.C6H5BrS/c1-13(2,3)8-10(15)9-16-12-7-5-4-6-11(12)14;1-7(2,3)4-6(9)5-8;7-5-3-1-2-4-6(5)8/h4-7H,8-9H2,1-3H3;4-5H2,1-3H3;1-4,8H. The number of hydrogen-bond donors (Lipinski definition) is 1. The molecule has 0 saturated carbocycles. The second-order valence-corrected chi connectivity index (χ2v) is 13.6. The molecule has 0 N–H and O–H groups in total. The fourth-order valence-electron chi connectivity index (χ4n) is 2.45. The summed E-state index contributed by atoms with van der Waals surface area (Å²) in [7, 11) is 0. The first-order valence-corrected chi connectivity index (χ1v) is 14.7. The van der Waals surface area contributed by atoms with Crippen LogP contribution in [0.4, 0.5) is 0 Å². The zero-order valence-corrected chi connectivity index (χ0v) is 26.7. The number of hydrogen-bond acceptors (Lipinski definition) is 4. The van der Waals surface area contributed by atoms with E-state index in [0.29, 0.717) is 29.7 Å². The van der Waals surface area contributed by atoms with Gasteiger partial charge in [-0.25, -0.2) is 0 Å². The molecular formula is C26H35Br3O2S2. The SMILES string of the molecule is CC(C)(C)CC(=O)CBr.CC(C)(C)CC(=O)CSc1ccccc1Br.Sc1ccccc1Br. The van der Waals surface area contributed by atoms with Crippen molar-refractivity contribution in [1.82, 2.24) is 0 Å². The first kappa shape index (κ1) is 32.9. The number of carbonyl (C=O) groups is 2. The van der Waals surface area contributed by atoms with Crippen molar-refractivity contribution in [2.75, 3.05) is 11.1 Å².